The Labute approximate surface area is 88.8 Å². The van der Waals surface area contributed by atoms with Gasteiger partial charge in [-0.3, -0.25) is 4.90 Å². The van der Waals surface area contributed by atoms with E-state index in [1.165, 1.54) is 0 Å². The van der Waals surface area contributed by atoms with E-state index in [4.69, 9.17) is 0 Å². The summed E-state index contributed by atoms with van der Waals surface area (Å²) in [7, 11) is 1.94. The summed E-state index contributed by atoms with van der Waals surface area (Å²) < 4.78 is 15.3. The number of aliphatic hydroxyl groups excluding tert-OH is 1. The van der Waals surface area contributed by atoms with Gasteiger partial charge in [-0.25, -0.2) is 8.96 Å². The molecule has 3 nitrogen and oxygen atoms in total. The highest BCUT2D eigenvalue weighted by atomic mass is 19.1. The summed E-state index contributed by atoms with van der Waals surface area (Å²) in [4.78, 5) is 1.97. The first-order valence-corrected chi connectivity index (χ1v) is 5.20. The third-order valence-corrected chi connectivity index (χ3v) is 2.86. The fraction of sp³-hybridized carbons (Fsp3) is 0.545. The van der Waals surface area contributed by atoms with Crippen molar-refractivity contribution in [2.24, 2.45) is 7.05 Å². The van der Waals surface area contributed by atoms with E-state index in [-0.39, 0.29) is 6.54 Å². The van der Waals surface area contributed by atoms with E-state index in [0.717, 1.165) is 5.82 Å². The van der Waals surface area contributed by atoms with Crippen LogP contribution in [0.4, 0.5) is 10.2 Å². The van der Waals surface area contributed by atoms with E-state index < -0.39 is 12.3 Å². The van der Waals surface area contributed by atoms with Gasteiger partial charge in [0.1, 0.15) is 6.54 Å². The molecule has 1 aromatic rings. The molecule has 2 rings (SSSR count). The summed E-state index contributed by atoms with van der Waals surface area (Å²) in [6.45, 7) is 0.985. The zero-order chi connectivity index (χ0) is 10.8. The first-order valence-electron chi connectivity index (χ1n) is 5.20. The fourth-order valence-corrected chi connectivity index (χ4v) is 1.94. The number of alkyl halides is 1. The standard InChI is InChI=1S/C11H16FN2O/c1-13-6-3-2-4-11(13)14-7-5-10(15)9(12)8-14/h2-4,6,9-10,15H,5,7-8H2,1H3/q+1/t9-,10+/m1/s1. The van der Waals surface area contributed by atoms with Crippen LogP contribution in [-0.4, -0.2) is 30.5 Å². The molecule has 0 aromatic carbocycles. The zero-order valence-corrected chi connectivity index (χ0v) is 8.81. The summed E-state index contributed by atoms with van der Waals surface area (Å²) in [6.07, 6.45) is 0.498. The Morgan fingerprint density at radius 1 is 1.53 bits per heavy atom. The maximum absolute atomic E-state index is 13.3. The van der Waals surface area contributed by atoms with E-state index in [1.54, 1.807) is 0 Å². The maximum Gasteiger partial charge on any atom is 0.276 e. The van der Waals surface area contributed by atoms with Crippen LogP contribution >= 0.6 is 0 Å². The summed E-state index contributed by atoms with van der Waals surface area (Å²) in [5.41, 5.74) is 0. The Morgan fingerprint density at radius 3 is 3.00 bits per heavy atom. The van der Waals surface area contributed by atoms with Crippen molar-refractivity contribution < 1.29 is 14.1 Å². The first-order chi connectivity index (χ1) is 7.18. The Kier molecular flexibility index (Phi) is 2.86. The maximum atomic E-state index is 13.3. The highest BCUT2D eigenvalue weighted by molar-refractivity contribution is 5.33. The van der Waals surface area contributed by atoms with Gasteiger partial charge in [0.25, 0.3) is 5.82 Å². The van der Waals surface area contributed by atoms with Gasteiger partial charge in [-0.1, -0.05) is 6.07 Å². The minimum atomic E-state index is -1.14. The van der Waals surface area contributed by atoms with Crippen molar-refractivity contribution >= 4 is 5.82 Å². The molecule has 1 saturated heterocycles. The topological polar surface area (TPSA) is 27.4 Å². The summed E-state index contributed by atoms with van der Waals surface area (Å²) >= 11 is 0. The molecule has 82 valence electrons. The molecule has 1 aliphatic rings. The van der Waals surface area contributed by atoms with Gasteiger partial charge >= 0.3 is 0 Å². The fourth-order valence-electron chi connectivity index (χ4n) is 1.94. The van der Waals surface area contributed by atoms with Gasteiger partial charge in [0, 0.05) is 12.5 Å². The largest absolute Gasteiger partial charge is 0.390 e. The van der Waals surface area contributed by atoms with Gasteiger partial charge < -0.3 is 5.11 Å². The van der Waals surface area contributed by atoms with E-state index >= 15 is 0 Å². The SMILES string of the molecule is C[n+]1ccccc1N1CC[C@H](O)[C@H](F)C1. The second-order valence-electron chi connectivity index (χ2n) is 3.99. The molecule has 1 aromatic heterocycles. The van der Waals surface area contributed by atoms with Gasteiger partial charge in [0.05, 0.1) is 25.9 Å². The number of aryl methyl sites for hydroxylation is 1. The predicted octanol–water partition coefficient (Wildman–Crippen LogP) is 0.420. The molecular formula is C11H16FN2O+. The average Bonchev–Trinajstić information content (AvgIpc) is 2.23. The third-order valence-electron chi connectivity index (χ3n) is 2.86. The Bertz CT molecular complexity index is 345. The van der Waals surface area contributed by atoms with Crippen LogP contribution in [0.15, 0.2) is 24.4 Å². The van der Waals surface area contributed by atoms with Crippen LogP contribution in [0.2, 0.25) is 0 Å². The van der Waals surface area contributed by atoms with E-state index in [9.17, 15) is 9.50 Å². The lowest BCUT2D eigenvalue weighted by atomic mass is 10.1. The van der Waals surface area contributed by atoms with Crippen LogP contribution in [0.5, 0.6) is 0 Å². The second kappa shape index (κ2) is 4.14. The van der Waals surface area contributed by atoms with Crippen molar-refractivity contribution in [1.29, 1.82) is 0 Å². The van der Waals surface area contributed by atoms with Crippen molar-refractivity contribution in [3.05, 3.63) is 24.4 Å². The molecule has 1 N–H and O–H groups in total. The Hall–Kier alpha value is -1.16. The normalized spacial score (nSPS) is 26.7. The third kappa shape index (κ3) is 2.09. The molecule has 0 amide bonds. The summed E-state index contributed by atoms with van der Waals surface area (Å²) in [5.74, 6) is 0.993. The number of hydrogen-bond donors (Lipinski definition) is 1. The van der Waals surface area contributed by atoms with Crippen LogP contribution in [-0.2, 0) is 7.05 Å². The minimum Gasteiger partial charge on any atom is -0.390 e. The minimum absolute atomic E-state index is 0.277. The van der Waals surface area contributed by atoms with Crippen molar-refractivity contribution in [3.63, 3.8) is 0 Å². The van der Waals surface area contributed by atoms with Crippen molar-refractivity contribution in [2.45, 2.75) is 18.7 Å². The lowest BCUT2D eigenvalue weighted by molar-refractivity contribution is -0.659. The lowest BCUT2D eigenvalue weighted by Gasteiger charge is -2.28. The van der Waals surface area contributed by atoms with Crippen LogP contribution in [0.1, 0.15) is 6.42 Å². The van der Waals surface area contributed by atoms with E-state index in [0.29, 0.717) is 13.0 Å². The number of aliphatic hydroxyl groups is 1. The molecule has 2 atom stereocenters. The Balaban J connectivity index is 2.15. The summed E-state index contributed by atoms with van der Waals surface area (Å²) in [6, 6.07) is 5.84. The first kappa shape index (κ1) is 10.4. The van der Waals surface area contributed by atoms with Crippen LogP contribution < -0.4 is 9.47 Å². The predicted molar refractivity (Wildman–Crippen MR) is 55.4 cm³/mol. The second-order valence-corrected chi connectivity index (χ2v) is 3.99. The summed E-state index contributed by atoms with van der Waals surface area (Å²) in [5, 5.41) is 9.30. The average molecular weight is 211 g/mol. The molecule has 0 aliphatic carbocycles. The van der Waals surface area contributed by atoms with Gasteiger partial charge in [0.15, 0.2) is 6.17 Å². The number of halogens is 1. The van der Waals surface area contributed by atoms with Crippen LogP contribution in [0.3, 0.4) is 0 Å². The van der Waals surface area contributed by atoms with Crippen LogP contribution in [0.25, 0.3) is 0 Å². The number of nitrogens with zero attached hydrogens (tertiary/aromatic N) is 2. The number of hydrogen-bond acceptors (Lipinski definition) is 2. The Morgan fingerprint density at radius 2 is 2.33 bits per heavy atom. The van der Waals surface area contributed by atoms with Crippen molar-refractivity contribution in [2.75, 3.05) is 18.0 Å². The van der Waals surface area contributed by atoms with Gasteiger partial charge in [-0.2, -0.15) is 0 Å². The van der Waals surface area contributed by atoms with Gasteiger partial charge in [-0.15, -0.1) is 0 Å². The molecule has 1 aliphatic heterocycles. The molecule has 4 heteroatoms. The quantitative estimate of drug-likeness (QED) is 0.682. The van der Waals surface area contributed by atoms with Crippen molar-refractivity contribution in [1.82, 2.24) is 0 Å². The molecule has 0 bridgehead atoms. The highest BCUT2D eigenvalue weighted by Gasteiger charge is 2.32. The number of rotatable bonds is 1. The molecule has 15 heavy (non-hydrogen) atoms. The lowest BCUT2D eigenvalue weighted by Crippen LogP contribution is -2.49. The molecule has 0 saturated carbocycles. The van der Waals surface area contributed by atoms with E-state index in [1.807, 2.05) is 40.9 Å². The molecule has 1 fully saturated rings. The molecule has 0 spiro atoms. The monoisotopic (exact) mass is 211 g/mol. The number of piperidine rings is 1. The highest BCUT2D eigenvalue weighted by Crippen LogP contribution is 2.18. The molecule has 0 radical (unpaired) electrons. The zero-order valence-electron chi connectivity index (χ0n) is 8.81. The van der Waals surface area contributed by atoms with Gasteiger partial charge in [0.2, 0.25) is 0 Å². The molecule has 2 heterocycles. The van der Waals surface area contributed by atoms with Crippen LogP contribution in [0, 0.1) is 0 Å². The number of aromatic nitrogens is 1. The smallest absolute Gasteiger partial charge is 0.276 e. The van der Waals surface area contributed by atoms with E-state index in [2.05, 4.69) is 0 Å². The number of anilines is 1. The molecular weight excluding hydrogens is 195 g/mol. The number of pyridine rings is 1. The van der Waals surface area contributed by atoms with Gasteiger partial charge in [-0.05, 0) is 6.07 Å². The molecule has 0 unspecified atom stereocenters. The van der Waals surface area contributed by atoms with Crippen molar-refractivity contribution in [3.8, 4) is 0 Å².